The van der Waals surface area contributed by atoms with E-state index in [0.29, 0.717) is 0 Å². The molecule has 2 atom stereocenters. The minimum Gasteiger partial charge on any atom is -0.477 e. The van der Waals surface area contributed by atoms with E-state index in [1.807, 2.05) is 0 Å². The summed E-state index contributed by atoms with van der Waals surface area (Å²) in [6, 6.07) is 2.63. The highest BCUT2D eigenvalue weighted by Crippen LogP contribution is 2.18. The fraction of sp³-hybridized carbons (Fsp3) is 0.417. The first kappa shape index (κ1) is 15.1. The maximum absolute atomic E-state index is 10.7. The third kappa shape index (κ3) is 4.65. The molecule has 1 rings (SSSR count). The molecule has 0 aliphatic carbocycles. The highest BCUT2D eigenvalue weighted by molar-refractivity contribution is 5.85. The molecule has 2 unspecified atom stereocenters. The second kappa shape index (κ2) is 6.81. The van der Waals surface area contributed by atoms with Crippen LogP contribution in [0.4, 0.5) is 0 Å². The van der Waals surface area contributed by atoms with Crippen LogP contribution in [-0.2, 0) is 4.79 Å². The van der Waals surface area contributed by atoms with E-state index in [0.717, 1.165) is 0 Å². The van der Waals surface area contributed by atoms with Crippen LogP contribution in [0.2, 0.25) is 0 Å². The lowest BCUT2D eigenvalue weighted by Crippen LogP contribution is -2.27. The molecule has 0 radical (unpaired) electrons. The van der Waals surface area contributed by atoms with E-state index in [2.05, 4.69) is 10.3 Å². The second-order valence-corrected chi connectivity index (χ2v) is 4.06. The molecule has 0 saturated heterocycles. The van der Waals surface area contributed by atoms with Gasteiger partial charge in [-0.2, -0.15) is 0 Å². The summed E-state index contributed by atoms with van der Waals surface area (Å²) < 4.78 is 0. The van der Waals surface area contributed by atoms with Crippen molar-refractivity contribution in [3.8, 4) is 0 Å². The highest BCUT2D eigenvalue weighted by Gasteiger charge is 2.19. The van der Waals surface area contributed by atoms with Gasteiger partial charge in [-0.05, 0) is 24.1 Å². The summed E-state index contributed by atoms with van der Waals surface area (Å²) in [4.78, 5) is 25.0. The number of carbonyl (C=O) groups excluding carboxylic acids is 1. The molecule has 0 aromatic carbocycles. The van der Waals surface area contributed by atoms with E-state index >= 15 is 0 Å². The number of carboxylic acid groups (broad SMARTS) is 1. The van der Waals surface area contributed by atoms with E-state index in [9.17, 15) is 19.8 Å². The first-order chi connectivity index (χ1) is 8.91. The van der Waals surface area contributed by atoms with Crippen molar-refractivity contribution in [2.24, 2.45) is 0 Å². The van der Waals surface area contributed by atoms with Gasteiger partial charge in [0.05, 0.1) is 6.10 Å². The Kier molecular flexibility index (Phi) is 5.40. The van der Waals surface area contributed by atoms with Crippen LogP contribution in [0.15, 0.2) is 18.3 Å². The van der Waals surface area contributed by atoms with Crippen molar-refractivity contribution >= 4 is 11.9 Å². The number of aromatic nitrogens is 1. The number of rotatable bonds is 6. The molecule has 0 aliphatic rings. The standard InChI is InChI=1S/C12H16N2O5/c1-7(15)13-5-3-10(16)11(17)8-2-4-14-9(6-8)12(18)19/h2,4,6,10-11,16-17H,3,5H2,1H3,(H,13,15)(H,18,19). The lowest BCUT2D eigenvalue weighted by molar-refractivity contribution is -0.119. The Balaban J connectivity index is 2.65. The van der Waals surface area contributed by atoms with Crippen molar-refractivity contribution in [3.63, 3.8) is 0 Å². The predicted molar refractivity (Wildman–Crippen MR) is 65.5 cm³/mol. The van der Waals surface area contributed by atoms with Crippen molar-refractivity contribution in [2.45, 2.75) is 25.6 Å². The third-order valence-electron chi connectivity index (χ3n) is 2.52. The SMILES string of the molecule is CC(=O)NCCC(O)C(O)c1ccnc(C(=O)O)c1. The quantitative estimate of drug-likeness (QED) is 0.562. The van der Waals surface area contributed by atoms with Crippen LogP contribution < -0.4 is 5.32 Å². The number of nitrogens with zero attached hydrogens (tertiary/aromatic N) is 1. The zero-order valence-corrected chi connectivity index (χ0v) is 10.4. The molecular weight excluding hydrogens is 252 g/mol. The van der Waals surface area contributed by atoms with Crippen LogP contribution in [0, 0.1) is 0 Å². The molecule has 1 aromatic heterocycles. The van der Waals surface area contributed by atoms with Crippen LogP contribution in [0.25, 0.3) is 0 Å². The summed E-state index contributed by atoms with van der Waals surface area (Å²) in [5, 5.41) is 30.9. The van der Waals surface area contributed by atoms with Gasteiger partial charge in [-0.25, -0.2) is 9.78 Å². The van der Waals surface area contributed by atoms with E-state index in [1.165, 1.54) is 25.3 Å². The molecule has 1 aromatic rings. The number of aliphatic hydroxyl groups is 2. The van der Waals surface area contributed by atoms with Gasteiger partial charge in [0, 0.05) is 19.7 Å². The Morgan fingerprint density at radius 1 is 1.42 bits per heavy atom. The van der Waals surface area contributed by atoms with Gasteiger partial charge in [0.15, 0.2) is 0 Å². The van der Waals surface area contributed by atoms with Crippen LogP contribution >= 0.6 is 0 Å². The summed E-state index contributed by atoms with van der Waals surface area (Å²) in [6.07, 6.45) is -0.917. The number of carbonyl (C=O) groups is 2. The van der Waals surface area contributed by atoms with Crippen LogP contribution in [0.3, 0.4) is 0 Å². The van der Waals surface area contributed by atoms with Crippen molar-refractivity contribution in [3.05, 3.63) is 29.6 Å². The van der Waals surface area contributed by atoms with E-state index in [1.54, 1.807) is 0 Å². The van der Waals surface area contributed by atoms with Gasteiger partial charge >= 0.3 is 5.97 Å². The van der Waals surface area contributed by atoms with Gasteiger partial charge in [0.1, 0.15) is 11.8 Å². The van der Waals surface area contributed by atoms with Crippen LogP contribution in [0.1, 0.15) is 35.5 Å². The largest absolute Gasteiger partial charge is 0.477 e. The summed E-state index contributed by atoms with van der Waals surface area (Å²) in [7, 11) is 0. The molecule has 7 nitrogen and oxygen atoms in total. The number of carboxylic acids is 1. The van der Waals surface area contributed by atoms with E-state index in [4.69, 9.17) is 5.11 Å². The summed E-state index contributed by atoms with van der Waals surface area (Å²) in [5.74, 6) is -1.43. The molecule has 0 fully saturated rings. The smallest absolute Gasteiger partial charge is 0.354 e. The monoisotopic (exact) mass is 268 g/mol. The van der Waals surface area contributed by atoms with E-state index < -0.39 is 18.2 Å². The number of nitrogens with one attached hydrogen (secondary N) is 1. The Morgan fingerprint density at radius 3 is 2.68 bits per heavy atom. The van der Waals surface area contributed by atoms with Crippen LogP contribution in [-0.4, -0.2) is 44.8 Å². The number of aromatic carboxylic acids is 1. The molecule has 0 spiro atoms. The van der Waals surface area contributed by atoms with Crippen molar-refractivity contribution in [2.75, 3.05) is 6.54 Å². The number of hydrogen-bond donors (Lipinski definition) is 4. The highest BCUT2D eigenvalue weighted by atomic mass is 16.4. The van der Waals surface area contributed by atoms with Gasteiger partial charge in [-0.3, -0.25) is 4.79 Å². The van der Waals surface area contributed by atoms with Gasteiger partial charge in [0.2, 0.25) is 5.91 Å². The first-order valence-corrected chi connectivity index (χ1v) is 5.71. The van der Waals surface area contributed by atoms with Crippen LogP contribution in [0.5, 0.6) is 0 Å². The van der Waals surface area contributed by atoms with Gasteiger partial charge < -0.3 is 20.6 Å². The maximum Gasteiger partial charge on any atom is 0.354 e. The molecule has 4 N–H and O–H groups in total. The molecule has 1 amide bonds. The summed E-state index contributed by atoms with van der Waals surface area (Å²) >= 11 is 0. The molecule has 104 valence electrons. The Morgan fingerprint density at radius 2 is 2.11 bits per heavy atom. The predicted octanol–water partition coefficient (Wildman–Crippen LogP) is -0.300. The zero-order valence-electron chi connectivity index (χ0n) is 10.4. The molecule has 7 heteroatoms. The summed E-state index contributed by atoms with van der Waals surface area (Å²) in [6.45, 7) is 1.58. The van der Waals surface area contributed by atoms with Crippen molar-refractivity contribution < 1.29 is 24.9 Å². The molecule has 0 saturated carbocycles. The average molecular weight is 268 g/mol. The number of aliphatic hydroxyl groups excluding tert-OH is 2. The summed E-state index contributed by atoms with van der Waals surface area (Å²) in [5.41, 5.74) is 0.0633. The molecule has 0 aliphatic heterocycles. The zero-order chi connectivity index (χ0) is 14.4. The Hall–Kier alpha value is -1.99. The minimum absolute atomic E-state index is 0.158. The third-order valence-corrected chi connectivity index (χ3v) is 2.52. The van der Waals surface area contributed by atoms with E-state index in [-0.39, 0.29) is 30.1 Å². The van der Waals surface area contributed by atoms with Gasteiger partial charge in [-0.1, -0.05) is 0 Å². The minimum atomic E-state index is -1.23. The molecule has 1 heterocycles. The van der Waals surface area contributed by atoms with Crippen molar-refractivity contribution in [1.82, 2.24) is 10.3 Å². The van der Waals surface area contributed by atoms with Gasteiger partial charge in [0.25, 0.3) is 0 Å². The topological polar surface area (TPSA) is 120 Å². The molecule has 19 heavy (non-hydrogen) atoms. The number of amides is 1. The van der Waals surface area contributed by atoms with Gasteiger partial charge in [-0.15, -0.1) is 0 Å². The fourth-order valence-electron chi connectivity index (χ4n) is 1.52. The number of hydrogen-bond acceptors (Lipinski definition) is 5. The lowest BCUT2D eigenvalue weighted by Gasteiger charge is -2.18. The molecular formula is C12H16N2O5. The Bertz CT molecular complexity index is 463. The fourth-order valence-corrected chi connectivity index (χ4v) is 1.52. The second-order valence-electron chi connectivity index (χ2n) is 4.06. The molecule has 0 bridgehead atoms. The number of pyridine rings is 1. The maximum atomic E-state index is 10.7. The van der Waals surface area contributed by atoms with Crippen molar-refractivity contribution in [1.29, 1.82) is 0 Å². The first-order valence-electron chi connectivity index (χ1n) is 5.71. The normalized spacial score (nSPS) is 13.6. The average Bonchev–Trinajstić information content (AvgIpc) is 2.37. The Labute approximate surface area is 109 Å². The lowest BCUT2D eigenvalue weighted by atomic mass is 10.0.